The van der Waals surface area contributed by atoms with Gasteiger partial charge in [0.1, 0.15) is 24.4 Å². The maximum Gasteiger partial charge on any atom is 0.239 e. The van der Waals surface area contributed by atoms with Crippen LogP contribution in [0.5, 0.6) is 0 Å². The second-order valence-corrected chi connectivity index (χ2v) is 5.17. The first-order valence-electron chi connectivity index (χ1n) is 6.69. The molecule has 1 rings (SSSR count). The molecule has 20 heavy (non-hydrogen) atoms. The molecule has 1 fully saturated rings. The zero-order valence-corrected chi connectivity index (χ0v) is 11.6. The lowest BCUT2D eigenvalue weighted by atomic mass is 9.97. The lowest BCUT2D eigenvalue weighted by Gasteiger charge is -2.40. The van der Waals surface area contributed by atoms with Crippen LogP contribution in [-0.2, 0) is 9.53 Å². The number of ether oxygens (including phenoxy) is 1. The molecule has 0 aromatic heterocycles. The van der Waals surface area contributed by atoms with Crippen molar-refractivity contribution in [1.29, 1.82) is 0 Å². The van der Waals surface area contributed by atoms with Crippen LogP contribution in [0.25, 0.3) is 0 Å². The minimum atomic E-state index is -1.52. The fourth-order valence-corrected chi connectivity index (χ4v) is 1.97. The van der Waals surface area contributed by atoms with Crippen LogP contribution in [0.15, 0.2) is 0 Å². The van der Waals surface area contributed by atoms with Gasteiger partial charge in [0, 0.05) is 0 Å². The third kappa shape index (κ3) is 3.66. The Kier molecular flexibility index (Phi) is 6.31. The van der Waals surface area contributed by atoms with Crippen molar-refractivity contribution in [1.82, 2.24) is 5.32 Å². The van der Waals surface area contributed by atoms with E-state index in [4.69, 9.17) is 15.6 Å². The minimum Gasteiger partial charge on any atom is -0.394 e. The molecule has 1 amide bonds. The highest BCUT2D eigenvalue weighted by Gasteiger charge is 2.44. The Morgan fingerprint density at radius 1 is 1.30 bits per heavy atom. The average Bonchev–Trinajstić information content (AvgIpc) is 2.45. The third-order valence-electron chi connectivity index (χ3n) is 3.74. The smallest absolute Gasteiger partial charge is 0.239 e. The Morgan fingerprint density at radius 2 is 1.90 bits per heavy atom. The summed E-state index contributed by atoms with van der Waals surface area (Å²) in [6, 6.07) is -0.771. The number of hydrogen-bond donors (Lipinski definition) is 6. The summed E-state index contributed by atoms with van der Waals surface area (Å²) in [5.41, 5.74) is 5.75. The average molecular weight is 292 g/mol. The van der Waals surface area contributed by atoms with Gasteiger partial charge in [-0.3, -0.25) is 4.79 Å². The topological polar surface area (TPSA) is 145 Å². The minimum absolute atomic E-state index is 0.0557. The van der Waals surface area contributed by atoms with Crippen LogP contribution in [0, 0.1) is 5.92 Å². The summed E-state index contributed by atoms with van der Waals surface area (Å²) in [5.74, 6) is -0.580. The molecule has 1 saturated heterocycles. The number of hydrogen-bond acceptors (Lipinski definition) is 7. The predicted molar refractivity (Wildman–Crippen MR) is 69.3 cm³/mol. The molecule has 8 nitrogen and oxygen atoms in total. The van der Waals surface area contributed by atoms with Crippen molar-refractivity contribution in [3.05, 3.63) is 0 Å². The van der Waals surface area contributed by atoms with Crippen LogP contribution in [0.2, 0.25) is 0 Å². The number of aliphatic hydroxyl groups is 4. The largest absolute Gasteiger partial charge is 0.394 e. The number of amides is 1. The molecule has 1 aliphatic heterocycles. The van der Waals surface area contributed by atoms with Gasteiger partial charge in [-0.25, -0.2) is 0 Å². The van der Waals surface area contributed by atoms with Crippen molar-refractivity contribution >= 4 is 5.91 Å². The summed E-state index contributed by atoms with van der Waals surface area (Å²) in [6.45, 7) is 3.16. The Hall–Kier alpha value is -0.770. The molecule has 0 radical (unpaired) electrons. The van der Waals surface area contributed by atoms with Crippen LogP contribution in [0.4, 0.5) is 0 Å². The second kappa shape index (κ2) is 7.30. The molecule has 118 valence electrons. The van der Waals surface area contributed by atoms with Gasteiger partial charge in [-0.2, -0.15) is 0 Å². The van der Waals surface area contributed by atoms with Gasteiger partial charge in [-0.1, -0.05) is 20.3 Å². The van der Waals surface area contributed by atoms with E-state index in [0.717, 1.165) is 0 Å². The normalized spacial score (nSPS) is 37.2. The van der Waals surface area contributed by atoms with E-state index in [2.05, 4.69) is 5.32 Å². The van der Waals surface area contributed by atoms with Crippen molar-refractivity contribution in [3.8, 4) is 0 Å². The van der Waals surface area contributed by atoms with Gasteiger partial charge in [-0.15, -0.1) is 0 Å². The lowest BCUT2D eigenvalue weighted by molar-refractivity contribution is -0.236. The monoisotopic (exact) mass is 292 g/mol. The molecule has 0 saturated carbocycles. The first-order valence-corrected chi connectivity index (χ1v) is 6.69. The molecule has 0 aromatic carbocycles. The van der Waals surface area contributed by atoms with Gasteiger partial charge >= 0.3 is 0 Å². The Labute approximate surface area is 117 Å². The van der Waals surface area contributed by atoms with Crippen LogP contribution in [-0.4, -0.2) is 69.6 Å². The van der Waals surface area contributed by atoms with Crippen molar-refractivity contribution < 1.29 is 30.0 Å². The number of aliphatic hydroxyl groups excluding tert-OH is 4. The fourth-order valence-electron chi connectivity index (χ4n) is 1.97. The molecule has 0 spiro atoms. The van der Waals surface area contributed by atoms with Crippen molar-refractivity contribution in [2.24, 2.45) is 11.7 Å². The zero-order valence-electron chi connectivity index (χ0n) is 11.6. The summed E-state index contributed by atoms with van der Waals surface area (Å²) in [5, 5.41) is 40.4. The Morgan fingerprint density at radius 3 is 2.40 bits per heavy atom. The summed E-state index contributed by atoms with van der Waals surface area (Å²) in [6.07, 6.45) is -6.05. The Balaban J connectivity index is 2.68. The highest BCUT2D eigenvalue weighted by molar-refractivity contribution is 5.82. The summed E-state index contributed by atoms with van der Waals surface area (Å²) < 4.78 is 5.17. The molecule has 0 aliphatic carbocycles. The van der Waals surface area contributed by atoms with E-state index in [0.29, 0.717) is 6.42 Å². The molecule has 0 bridgehead atoms. The quantitative estimate of drug-likeness (QED) is 0.323. The van der Waals surface area contributed by atoms with E-state index in [1.807, 2.05) is 13.8 Å². The van der Waals surface area contributed by atoms with Gasteiger partial charge in [0.2, 0.25) is 5.91 Å². The molecule has 1 heterocycles. The first kappa shape index (κ1) is 17.3. The third-order valence-corrected chi connectivity index (χ3v) is 3.74. The summed E-state index contributed by atoms with van der Waals surface area (Å²) >= 11 is 0. The SMILES string of the molecule is CC[C@H](C)[C@H](N)C(=O)N[C@@H]1O[C@H](CO)[C@@H](O)[C@H](O)[C@H]1O. The van der Waals surface area contributed by atoms with Crippen molar-refractivity contribution in [2.75, 3.05) is 6.61 Å². The standard InChI is InChI=1S/C12H24N2O6/c1-3-5(2)7(13)11(19)14-12-10(18)9(17)8(16)6(4-15)20-12/h5-10,12,15-18H,3-4,13H2,1-2H3,(H,14,19)/t5-,6+,7-,8+,9-,10+,12+/m0/s1. The summed E-state index contributed by atoms with van der Waals surface area (Å²) in [4.78, 5) is 11.9. The van der Waals surface area contributed by atoms with E-state index in [-0.39, 0.29) is 5.92 Å². The molecule has 1 aliphatic rings. The molecule has 0 aromatic rings. The van der Waals surface area contributed by atoms with Crippen molar-refractivity contribution in [3.63, 3.8) is 0 Å². The van der Waals surface area contributed by atoms with E-state index >= 15 is 0 Å². The van der Waals surface area contributed by atoms with Crippen LogP contribution in [0.3, 0.4) is 0 Å². The van der Waals surface area contributed by atoms with E-state index in [9.17, 15) is 20.1 Å². The van der Waals surface area contributed by atoms with Crippen LogP contribution >= 0.6 is 0 Å². The lowest BCUT2D eigenvalue weighted by Crippen LogP contribution is -2.64. The molecule has 8 heteroatoms. The van der Waals surface area contributed by atoms with Gasteiger partial charge in [-0.05, 0) is 5.92 Å². The predicted octanol–water partition coefficient (Wildman–Crippen LogP) is -2.72. The molecular formula is C12H24N2O6. The maximum absolute atomic E-state index is 11.9. The number of carbonyl (C=O) groups is 1. The van der Waals surface area contributed by atoms with Gasteiger partial charge in [0.25, 0.3) is 0 Å². The number of nitrogens with two attached hydrogens (primary N) is 1. The molecule has 7 N–H and O–H groups in total. The summed E-state index contributed by atoms with van der Waals surface area (Å²) in [7, 11) is 0. The van der Waals surface area contributed by atoms with E-state index in [1.54, 1.807) is 0 Å². The van der Waals surface area contributed by atoms with Gasteiger partial charge in [0.15, 0.2) is 6.23 Å². The number of nitrogens with one attached hydrogen (secondary N) is 1. The Bertz CT molecular complexity index is 327. The van der Waals surface area contributed by atoms with Crippen LogP contribution in [0.1, 0.15) is 20.3 Å². The zero-order chi connectivity index (χ0) is 15.4. The van der Waals surface area contributed by atoms with Gasteiger partial charge in [0.05, 0.1) is 12.6 Å². The fraction of sp³-hybridized carbons (Fsp3) is 0.917. The number of rotatable bonds is 5. The second-order valence-electron chi connectivity index (χ2n) is 5.17. The van der Waals surface area contributed by atoms with E-state index in [1.165, 1.54) is 0 Å². The highest BCUT2D eigenvalue weighted by Crippen LogP contribution is 2.20. The highest BCUT2D eigenvalue weighted by atomic mass is 16.6. The first-order chi connectivity index (χ1) is 9.33. The van der Waals surface area contributed by atoms with E-state index < -0.39 is 49.2 Å². The molecule has 0 unspecified atom stereocenters. The number of carbonyl (C=O) groups excluding carboxylic acids is 1. The molecule has 7 atom stereocenters. The maximum atomic E-state index is 11.9. The molecular weight excluding hydrogens is 268 g/mol. The van der Waals surface area contributed by atoms with Crippen LogP contribution < -0.4 is 11.1 Å². The van der Waals surface area contributed by atoms with Crippen molar-refractivity contribution in [2.45, 2.75) is 57.0 Å². The van der Waals surface area contributed by atoms with Gasteiger partial charge < -0.3 is 36.2 Å².